The first kappa shape index (κ1) is 12.7. The summed E-state index contributed by atoms with van der Waals surface area (Å²) in [5.41, 5.74) is 2.22. The summed E-state index contributed by atoms with van der Waals surface area (Å²) in [6.07, 6.45) is 3.12. The molecular weight excluding hydrogens is 298 g/mol. The topological polar surface area (TPSA) is 33.1 Å². The molecule has 0 saturated heterocycles. The Kier molecular flexibility index (Phi) is 3.97. The van der Waals surface area contributed by atoms with Crippen molar-refractivity contribution in [2.24, 2.45) is 0 Å². The van der Waals surface area contributed by atoms with Gasteiger partial charge in [0.1, 0.15) is 0 Å². The fourth-order valence-corrected chi connectivity index (χ4v) is 2.85. The Morgan fingerprint density at radius 3 is 2.59 bits per heavy atom. The van der Waals surface area contributed by atoms with Crippen LogP contribution in [-0.2, 0) is 12.8 Å². The summed E-state index contributed by atoms with van der Waals surface area (Å²) in [6.45, 7) is 1.87. The van der Waals surface area contributed by atoms with Gasteiger partial charge in [0, 0.05) is 28.4 Å². The van der Waals surface area contributed by atoms with E-state index in [1.807, 2.05) is 37.4 Å². The van der Waals surface area contributed by atoms with Crippen LogP contribution in [0.3, 0.4) is 0 Å². The molecule has 1 aromatic carbocycles. The third-order valence-corrected chi connectivity index (χ3v) is 3.85. The molecule has 2 nitrogen and oxygen atoms in total. The highest BCUT2D eigenvalue weighted by molar-refractivity contribution is 9.10. The standard InChI is InChI=1S/C13H14BrNOS/c1-13(16,7-12-8-15-9-17-12)6-10-2-4-11(14)5-3-10/h2-5,8-9,16H,6-7H2,1H3. The van der Waals surface area contributed by atoms with E-state index in [1.165, 1.54) is 0 Å². The average molecular weight is 312 g/mol. The van der Waals surface area contributed by atoms with Gasteiger partial charge in [0.05, 0.1) is 11.1 Å². The Hall–Kier alpha value is -0.710. The summed E-state index contributed by atoms with van der Waals surface area (Å²) in [6, 6.07) is 8.06. The first-order valence-electron chi connectivity index (χ1n) is 5.39. The van der Waals surface area contributed by atoms with Crippen LogP contribution in [0.2, 0.25) is 0 Å². The van der Waals surface area contributed by atoms with Gasteiger partial charge in [0.15, 0.2) is 0 Å². The molecule has 0 spiro atoms. The summed E-state index contributed by atoms with van der Waals surface area (Å²) in [4.78, 5) is 5.14. The van der Waals surface area contributed by atoms with E-state index in [4.69, 9.17) is 0 Å². The molecule has 0 radical (unpaired) electrons. The Balaban J connectivity index is 2.03. The molecule has 2 rings (SSSR count). The van der Waals surface area contributed by atoms with Crippen LogP contribution in [0, 0.1) is 0 Å². The molecule has 2 aromatic rings. The number of hydrogen-bond donors (Lipinski definition) is 1. The van der Waals surface area contributed by atoms with Crippen LogP contribution in [0.4, 0.5) is 0 Å². The summed E-state index contributed by atoms with van der Waals surface area (Å²) < 4.78 is 1.06. The quantitative estimate of drug-likeness (QED) is 0.938. The molecule has 1 atom stereocenters. The Labute approximate surface area is 113 Å². The lowest BCUT2D eigenvalue weighted by molar-refractivity contribution is 0.0616. The first-order chi connectivity index (χ1) is 8.05. The normalized spacial score (nSPS) is 14.5. The van der Waals surface area contributed by atoms with Gasteiger partial charge in [-0.25, -0.2) is 0 Å². The van der Waals surface area contributed by atoms with Gasteiger partial charge >= 0.3 is 0 Å². The van der Waals surface area contributed by atoms with Crippen molar-refractivity contribution in [1.82, 2.24) is 4.98 Å². The van der Waals surface area contributed by atoms with E-state index in [1.54, 1.807) is 16.8 Å². The van der Waals surface area contributed by atoms with Crippen LogP contribution >= 0.6 is 27.3 Å². The first-order valence-corrected chi connectivity index (χ1v) is 7.07. The van der Waals surface area contributed by atoms with E-state index in [-0.39, 0.29) is 0 Å². The number of nitrogens with zero attached hydrogens (tertiary/aromatic N) is 1. The Morgan fingerprint density at radius 1 is 1.29 bits per heavy atom. The molecular formula is C13H14BrNOS. The van der Waals surface area contributed by atoms with Gasteiger partial charge in [-0.15, -0.1) is 11.3 Å². The molecule has 0 amide bonds. The average Bonchev–Trinajstić information content (AvgIpc) is 2.73. The highest BCUT2D eigenvalue weighted by Crippen LogP contribution is 2.21. The second-order valence-electron chi connectivity index (χ2n) is 4.44. The third kappa shape index (κ3) is 3.91. The maximum atomic E-state index is 10.4. The zero-order valence-corrected chi connectivity index (χ0v) is 12.0. The lowest BCUT2D eigenvalue weighted by Gasteiger charge is -2.22. The molecule has 0 fully saturated rings. The van der Waals surface area contributed by atoms with Gasteiger partial charge in [0.2, 0.25) is 0 Å². The molecule has 0 aliphatic heterocycles. The molecule has 1 heterocycles. The highest BCUT2D eigenvalue weighted by Gasteiger charge is 2.22. The summed E-state index contributed by atoms with van der Waals surface area (Å²) in [5.74, 6) is 0. The van der Waals surface area contributed by atoms with Crippen molar-refractivity contribution in [2.45, 2.75) is 25.4 Å². The second-order valence-corrected chi connectivity index (χ2v) is 6.33. The van der Waals surface area contributed by atoms with E-state index in [2.05, 4.69) is 20.9 Å². The van der Waals surface area contributed by atoms with Crippen molar-refractivity contribution in [3.63, 3.8) is 0 Å². The summed E-state index contributed by atoms with van der Waals surface area (Å²) in [5, 5.41) is 10.4. The van der Waals surface area contributed by atoms with Gasteiger partial charge in [-0.2, -0.15) is 0 Å². The summed E-state index contributed by atoms with van der Waals surface area (Å²) >= 11 is 4.99. The molecule has 90 valence electrons. The maximum absolute atomic E-state index is 10.4. The van der Waals surface area contributed by atoms with Crippen LogP contribution in [0.15, 0.2) is 40.4 Å². The molecule has 0 bridgehead atoms. The van der Waals surface area contributed by atoms with Crippen molar-refractivity contribution in [1.29, 1.82) is 0 Å². The minimum Gasteiger partial charge on any atom is -0.389 e. The van der Waals surface area contributed by atoms with E-state index < -0.39 is 5.60 Å². The van der Waals surface area contributed by atoms with E-state index >= 15 is 0 Å². The minimum absolute atomic E-state index is 0.647. The summed E-state index contributed by atoms with van der Waals surface area (Å²) in [7, 11) is 0. The minimum atomic E-state index is -0.722. The predicted molar refractivity (Wildman–Crippen MR) is 74.3 cm³/mol. The maximum Gasteiger partial charge on any atom is 0.0794 e. The number of rotatable bonds is 4. The monoisotopic (exact) mass is 311 g/mol. The fraction of sp³-hybridized carbons (Fsp3) is 0.308. The van der Waals surface area contributed by atoms with E-state index in [0.717, 1.165) is 14.9 Å². The lowest BCUT2D eigenvalue weighted by Crippen LogP contribution is -2.29. The highest BCUT2D eigenvalue weighted by atomic mass is 79.9. The van der Waals surface area contributed by atoms with E-state index in [9.17, 15) is 5.11 Å². The predicted octanol–water partition coefficient (Wildman–Crippen LogP) is 3.44. The fourth-order valence-electron chi connectivity index (χ4n) is 1.81. The Morgan fingerprint density at radius 2 is 2.00 bits per heavy atom. The SMILES string of the molecule is CC(O)(Cc1ccc(Br)cc1)Cc1cncs1. The third-order valence-electron chi connectivity index (χ3n) is 2.54. The smallest absolute Gasteiger partial charge is 0.0794 e. The van der Waals surface area contributed by atoms with Gasteiger partial charge in [-0.1, -0.05) is 28.1 Å². The van der Waals surface area contributed by atoms with Gasteiger partial charge in [-0.3, -0.25) is 4.98 Å². The van der Waals surface area contributed by atoms with Gasteiger partial charge < -0.3 is 5.11 Å². The van der Waals surface area contributed by atoms with Crippen LogP contribution < -0.4 is 0 Å². The lowest BCUT2D eigenvalue weighted by atomic mass is 9.93. The molecule has 0 aliphatic rings. The van der Waals surface area contributed by atoms with Gasteiger partial charge in [-0.05, 0) is 24.6 Å². The molecule has 1 unspecified atom stereocenters. The number of hydrogen-bond acceptors (Lipinski definition) is 3. The van der Waals surface area contributed by atoms with Crippen LogP contribution in [-0.4, -0.2) is 15.7 Å². The van der Waals surface area contributed by atoms with Crippen molar-refractivity contribution >= 4 is 27.3 Å². The molecule has 0 aliphatic carbocycles. The second kappa shape index (κ2) is 5.29. The number of benzene rings is 1. The van der Waals surface area contributed by atoms with Crippen molar-refractivity contribution < 1.29 is 5.11 Å². The number of aromatic nitrogens is 1. The van der Waals surface area contributed by atoms with Crippen molar-refractivity contribution in [3.8, 4) is 0 Å². The number of halogens is 1. The molecule has 17 heavy (non-hydrogen) atoms. The van der Waals surface area contributed by atoms with Crippen molar-refractivity contribution in [3.05, 3.63) is 50.9 Å². The van der Waals surface area contributed by atoms with Crippen LogP contribution in [0.25, 0.3) is 0 Å². The zero-order chi connectivity index (χ0) is 12.3. The largest absolute Gasteiger partial charge is 0.389 e. The Bertz CT molecular complexity index is 465. The van der Waals surface area contributed by atoms with Crippen molar-refractivity contribution in [2.75, 3.05) is 0 Å². The van der Waals surface area contributed by atoms with Crippen LogP contribution in [0.5, 0.6) is 0 Å². The zero-order valence-electron chi connectivity index (χ0n) is 9.56. The molecule has 4 heteroatoms. The number of aliphatic hydroxyl groups is 1. The van der Waals surface area contributed by atoms with Gasteiger partial charge in [0.25, 0.3) is 0 Å². The van der Waals surface area contributed by atoms with E-state index in [0.29, 0.717) is 12.8 Å². The molecule has 1 aromatic heterocycles. The number of thiazole rings is 1. The molecule has 0 saturated carbocycles. The van der Waals surface area contributed by atoms with Crippen LogP contribution in [0.1, 0.15) is 17.4 Å². The molecule has 1 N–H and O–H groups in total.